The topological polar surface area (TPSA) is 42.0 Å². The van der Waals surface area contributed by atoms with Crippen molar-refractivity contribution in [2.24, 2.45) is 0 Å². The van der Waals surface area contributed by atoms with E-state index in [1.165, 1.54) is 22.5 Å². The van der Waals surface area contributed by atoms with Crippen LogP contribution in [-0.2, 0) is 0 Å². The zero-order chi connectivity index (χ0) is 17.3. The van der Waals surface area contributed by atoms with Crippen LogP contribution in [0.25, 0.3) is 11.3 Å². The largest absolute Gasteiger partial charge is 0.298 e. The Labute approximate surface area is 146 Å². The van der Waals surface area contributed by atoms with Gasteiger partial charge >= 0.3 is 0 Å². The van der Waals surface area contributed by atoms with Crippen molar-refractivity contribution < 1.29 is 4.79 Å². The molecule has 1 N–H and O–H groups in total. The van der Waals surface area contributed by atoms with Crippen LogP contribution in [0, 0.1) is 27.7 Å². The summed E-state index contributed by atoms with van der Waals surface area (Å²) in [6.07, 6.45) is 0. The molecule has 1 heterocycles. The van der Waals surface area contributed by atoms with Crippen molar-refractivity contribution in [2.75, 3.05) is 5.32 Å². The van der Waals surface area contributed by atoms with Gasteiger partial charge in [-0.3, -0.25) is 10.1 Å². The van der Waals surface area contributed by atoms with E-state index >= 15 is 0 Å². The molecule has 0 aliphatic carbocycles. The van der Waals surface area contributed by atoms with Gasteiger partial charge in [0.25, 0.3) is 5.91 Å². The Morgan fingerprint density at radius 1 is 1.00 bits per heavy atom. The van der Waals surface area contributed by atoms with Crippen molar-refractivity contribution in [3.8, 4) is 11.3 Å². The number of nitrogens with one attached hydrogen (secondary N) is 1. The van der Waals surface area contributed by atoms with Gasteiger partial charge in [-0.25, -0.2) is 4.98 Å². The number of aryl methyl sites for hydroxylation is 4. The second-order valence-electron chi connectivity index (χ2n) is 6.05. The van der Waals surface area contributed by atoms with Crippen LogP contribution in [0.5, 0.6) is 0 Å². The lowest BCUT2D eigenvalue weighted by Gasteiger charge is -2.04. The Bertz CT molecular complexity index is 912. The molecule has 4 heteroatoms. The molecule has 0 aliphatic rings. The molecule has 0 saturated heterocycles. The first-order valence-corrected chi connectivity index (χ1v) is 8.69. The van der Waals surface area contributed by atoms with Crippen molar-refractivity contribution >= 4 is 22.4 Å². The van der Waals surface area contributed by atoms with Gasteiger partial charge in [-0.2, -0.15) is 0 Å². The summed E-state index contributed by atoms with van der Waals surface area (Å²) in [5.74, 6) is -0.126. The van der Waals surface area contributed by atoms with E-state index in [0.717, 1.165) is 21.7 Å². The second kappa shape index (κ2) is 6.57. The number of benzene rings is 2. The summed E-state index contributed by atoms with van der Waals surface area (Å²) < 4.78 is 0. The summed E-state index contributed by atoms with van der Waals surface area (Å²) in [5, 5.41) is 3.54. The monoisotopic (exact) mass is 336 g/mol. The van der Waals surface area contributed by atoms with Gasteiger partial charge in [0.1, 0.15) is 0 Å². The SMILES string of the molecule is Cc1cccc(C(=O)Nc2nc(-c3ccc(C)c(C)c3)c(C)s2)c1. The van der Waals surface area contributed by atoms with Crippen LogP contribution in [0.3, 0.4) is 0 Å². The number of carbonyl (C=O) groups is 1. The molecular formula is C20H20N2OS. The maximum atomic E-state index is 12.4. The van der Waals surface area contributed by atoms with Gasteiger partial charge in [-0.05, 0) is 57.0 Å². The lowest BCUT2D eigenvalue weighted by Crippen LogP contribution is -2.11. The lowest BCUT2D eigenvalue weighted by atomic mass is 10.0. The third kappa shape index (κ3) is 3.39. The van der Waals surface area contributed by atoms with Crippen LogP contribution in [-0.4, -0.2) is 10.9 Å². The van der Waals surface area contributed by atoms with Crippen LogP contribution in [0.2, 0.25) is 0 Å². The lowest BCUT2D eigenvalue weighted by molar-refractivity contribution is 0.102. The molecule has 1 aromatic heterocycles. The molecule has 24 heavy (non-hydrogen) atoms. The third-order valence-electron chi connectivity index (χ3n) is 4.08. The highest BCUT2D eigenvalue weighted by molar-refractivity contribution is 7.16. The molecule has 3 aromatic rings. The smallest absolute Gasteiger partial charge is 0.257 e. The van der Waals surface area contributed by atoms with E-state index in [-0.39, 0.29) is 5.91 Å². The highest BCUT2D eigenvalue weighted by Gasteiger charge is 2.13. The van der Waals surface area contributed by atoms with Gasteiger partial charge in [-0.15, -0.1) is 11.3 Å². The first kappa shape index (κ1) is 16.4. The molecule has 0 aliphatic heterocycles. The zero-order valence-electron chi connectivity index (χ0n) is 14.3. The molecule has 2 aromatic carbocycles. The number of hydrogen-bond acceptors (Lipinski definition) is 3. The number of amides is 1. The fraction of sp³-hybridized carbons (Fsp3) is 0.200. The average Bonchev–Trinajstić information content (AvgIpc) is 2.90. The zero-order valence-corrected chi connectivity index (χ0v) is 15.1. The molecule has 122 valence electrons. The van der Waals surface area contributed by atoms with Crippen LogP contribution < -0.4 is 5.32 Å². The number of nitrogens with zero attached hydrogens (tertiary/aromatic N) is 1. The van der Waals surface area contributed by atoms with Crippen molar-refractivity contribution in [1.82, 2.24) is 4.98 Å². The molecule has 0 spiro atoms. The molecule has 0 radical (unpaired) electrons. The van der Waals surface area contributed by atoms with Crippen molar-refractivity contribution in [3.63, 3.8) is 0 Å². The highest BCUT2D eigenvalue weighted by atomic mass is 32.1. The van der Waals surface area contributed by atoms with Gasteiger partial charge < -0.3 is 0 Å². The number of aromatic nitrogens is 1. The van der Waals surface area contributed by atoms with Crippen molar-refractivity contribution in [3.05, 3.63) is 69.6 Å². The second-order valence-corrected chi connectivity index (χ2v) is 7.25. The number of hydrogen-bond donors (Lipinski definition) is 1. The molecule has 3 rings (SSSR count). The Morgan fingerprint density at radius 3 is 2.50 bits per heavy atom. The molecule has 1 amide bonds. The molecule has 0 atom stereocenters. The summed E-state index contributed by atoms with van der Waals surface area (Å²) in [6.45, 7) is 8.20. The predicted octanol–water partition coefficient (Wildman–Crippen LogP) is 5.30. The minimum Gasteiger partial charge on any atom is -0.298 e. The maximum Gasteiger partial charge on any atom is 0.257 e. The predicted molar refractivity (Wildman–Crippen MR) is 101 cm³/mol. The summed E-state index contributed by atoms with van der Waals surface area (Å²) in [4.78, 5) is 18.1. The van der Waals surface area contributed by atoms with Gasteiger partial charge in [0, 0.05) is 16.0 Å². The number of thiazole rings is 1. The van der Waals surface area contributed by atoms with Crippen LogP contribution in [0.4, 0.5) is 5.13 Å². The fourth-order valence-corrected chi connectivity index (χ4v) is 3.39. The summed E-state index contributed by atoms with van der Waals surface area (Å²) in [6, 6.07) is 13.9. The van der Waals surface area contributed by atoms with E-state index in [1.54, 1.807) is 0 Å². The number of anilines is 1. The van der Waals surface area contributed by atoms with E-state index in [9.17, 15) is 4.79 Å². The Kier molecular flexibility index (Phi) is 4.49. The van der Waals surface area contributed by atoms with Crippen LogP contribution >= 0.6 is 11.3 Å². The summed E-state index contributed by atoms with van der Waals surface area (Å²) in [7, 11) is 0. The van der Waals surface area contributed by atoms with E-state index in [1.807, 2.05) is 38.1 Å². The quantitative estimate of drug-likeness (QED) is 0.705. The van der Waals surface area contributed by atoms with E-state index in [4.69, 9.17) is 0 Å². The Balaban J connectivity index is 1.86. The maximum absolute atomic E-state index is 12.4. The van der Waals surface area contributed by atoms with E-state index in [0.29, 0.717) is 10.7 Å². The number of carbonyl (C=O) groups excluding carboxylic acids is 1. The van der Waals surface area contributed by atoms with Crippen LogP contribution in [0.1, 0.15) is 31.9 Å². The van der Waals surface area contributed by atoms with Gasteiger partial charge in [-0.1, -0.05) is 29.8 Å². The third-order valence-corrected chi connectivity index (χ3v) is 4.96. The molecule has 0 unspecified atom stereocenters. The molecule has 0 bridgehead atoms. The average molecular weight is 336 g/mol. The summed E-state index contributed by atoms with van der Waals surface area (Å²) in [5.41, 5.74) is 6.24. The van der Waals surface area contributed by atoms with Gasteiger partial charge in [0.2, 0.25) is 0 Å². The standard InChI is InChI=1S/C20H20N2OS/c1-12-6-5-7-17(10-12)19(23)22-20-21-18(15(4)24-20)16-9-8-13(2)14(3)11-16/h5-11H,1-4H3,(H,21,22,23). The van der Waals surface area contributed by atoms with E-state index in [2.05, 4.69) is 42.3 Å². The molecule has 0 saturated carbocycles. The first-order valence-electron chi connectivity index (χ1n) is 7.87. The fourth-order valence-electron chi connectivity index (χ4n) is 2.56. The Morgan fingerprint density at radius 2 is 1.79 bits per heavy atom. The van der Waals surface area contributed by atoms with E-state index < -0.39 is 0 Å². The van der Waals surface area contributed by atoms with Crippen molar-refractivity contribution in [1.29, 1.82) is 0 Å². The van der Waals surface area contributed by atoms with Gasteiger partial charge in [0.15, 0.2) is 5.13 Å². The summed E-state index contributed by atoms with van der Waals surface area (Å²) >= 11 is 1.50. The molecular weight excluding hydrogens is 316 g/mol. The van der Waals surface area contributed by atoms with Crippen LogP contribution in [0.15, 0.2) is 42.5 Å². The molecule has 3 nitrogen and oxygen atoms in total. The highest BCUT2D eigenvalue weighted by Crippen LogP contribution is 2.31. The van der Waals surface area contributed by atoms with Gasteiger partial charge in [0.05, 0.1) is 5.69 Å². The Hall–Kier alpha value is -2.46. The minimum atomic E-state index is -0.126. The number of rotatable bonds is 3. The van der Waals surface area contributed by atoms with Crippen molar-refractivity contribution in [2.45, 2.75) is 27.7 Å². The minimum absolute atomic E-state index is 0.126. The molecule has 0 fully saturated rings. The normalized spacial score (nSPS) is 10.7. The first-order chi connectivity index (χ1) is 11.4.